The van der Waals surface area contributed by atoms with Crippen molar-refractivity contribution in [2.45, 2.75) is 51.6 Å². The Balaban J connectivity index is 0.00000190. The number of aromatic nitrogens is 2. The number of benzene rings is 1. The average molecular weight is 547 g/mol. The maximum atomic E-state index is 8.94. The molecule has 0 atom stereocenters. The molecule has 2 fully saturated rings. The highest BCUT2D eigenvalue weighted by Gasteiger charge is 2.24. The van der Waals surface area contributed by atoms with Crippen molar-refractivity contribution in [1.29, 1.82) is 5.26 Å². The van der Waals surface area contributed by atoms with Gasteiger partial charge in [-0.2, -0.15) is 5.26 Å². The van der Waals surface area contributed by atoms with Crippen LogP contribution in [0.15, 0.2) is 35.0 Å². The Morgan fingerprint density at radius 2 is 1.86 bits per heavy atom. The molecule has 0 radical (unpaired) electrons. The number of hydrogen-bond acceptors (Lipinski definition) is 7. The number of pyridine rings is 1. The molecule has 1 aliphatic heterocycles. The van der Waals surface area contributed by atoms with E-state index in [-0.39, 0.29) is 24.8 Å². The maximum Gasteiger partial charge on any atom is 0.175 e. The summed E-state index contributed by atoms with van der Waals surface area (Å²) in [6.45, 7) is 4.60. The van der Waals surface area contributed by atoms with Crippen molar-refractivity contribution in [3.05, 3.63) is 53.0 Å². The van der Waals surface area contributed by atoms with Crippen molar-refractivity contribution in [2.24, 2.45) is 11.8 Å². The Morgan fingerprint density at radius 3 is 2.51 bits per heavy atom. The molecule has 37 heavy (non-hydrogen) atoms. The average Bonchev–Trinajstić information content (AvgIpc) is 3.61. The monoisotopic (exact) mass is 545 g/mol. The lowest BCUT2D eigenvalue weighted by molar-refractivity contribution is 0.170. The number of likely N-dealkylation sites (tertiary alicyclic amines) is 1. The van der Waals surface area contributed by atoms with Crippen molar-refractivity contribution in [3.63, 3.8) is 0 Å². The number of hydrogen-bond donors (Lipinski definition) is 0. The summed E-state index contributed by atoms with van der Waals surface area (Å²) in [6.07, 6.45) is 8.68. The Morgan fingerprint density at radius 1 is 1.08 bits per heavy atom. The van der Waals surface area contributed by atoms with Gasteiger partial charge in [0.2, 0.25) is 0 Å². The van der Waals surface area contributed by atoms with Crippen LogP contribution < -0.4 is 4.74 Å². The van der Waals surface area contributed by atoms with E-state index in [0.29, 0.717) is 11.5 Å². The summed E-state index contributed by atoms with van der Waals surface area (Å²) in [5, 5.41) is 14.6. The summed E-state index contributed by atoms with van der Waals surface area (Å²) < 4.78 is 12.1. The fourth-order valence-corrected chi connectivity index (χ4v) is 4.95. The minimum atomic E-state index is 0. The topological polar surface area (TPSA) is 78.4 Å². The van der Waals surface area contributed by atoms with E-state index in [2.05, 4.69) is 52.2 Å². The van der Waals surface area contributed by atoms with E-state index in [4.69, 9.17) is 14.5 Å². The third-order valence-electron chi connectivity index (χ3n) is 7.26. The number of nitriles is 1. The van der Waals surface area contributed by atoms with Crippen LogP contribution in [0.5, 0.6) is 5.75 Å². The van der Waals surface area contributed by atoms with Gasteiger partial charge in [0.25, 0.3) is 0 Å². The van der Waals surface area contributed by atoms with Crippen LogP contribution in [0.2, 0.25) is 0 Å². The van der Waals surface area contributed by atoms with Gasteiger partial charge in [-0.15, -0.1) is 24.8 Å². The highest BCUT2D eigenvalue weighted by atomic mass is 35.5. The minimum absolute atomic E-state index is 0. The van der Waals surface area contributed by atoms with Crippen molar-refractivity contribution >= 4 is 35.8 Å². The molecule has 9 heteroatoms. The third-order valence-corrected chi connectivity index (χ3v) is 7.26. The highest BCUT2D eigenvalue weighted by Crippen LogP contribution is 2.35. The van der Waals surface area contributed by atoms with Crippen LogP contribution in [0, 0.1) is 23.2 Å². The van der Waals surface area contributed by atoms with E-state index < -0.39 is 0 Å². The second kappa shape index (κ2) is 13.4. The van der Waals surface area contributed by atoms with Crippen LogP contribution in [0.25, 0.3) is 11.0 Å². The molecular formula is C28H37Cl2N5O2. The second-order valence-corrected chi connectivity index (χ2v) is 10.4. The Kier molecular flexibility index (Phi) is 10.6. The first kappa shape index (κ1) is 29.2. The molecule has 3 heterocycles. The summed E-state index contributed by atoms with van der Waals surface area (Å²) in [4.78, 5) is 9.04. The van der Waals surface area contributed by atoms with E-state index in [0.717, 1.165) is 85.2 Å². The molecule has 200 valence electrons. The molecule has 2 aliphatic rings. The van der Waals surface area contributed by atoms with Gasteiger partial charge in [-0.05, 0) is 102 Å². The molecule has 5 rings (SSSR count). The normalized spacial score (nSPS) is 16.3. The molecule has 1 saturated heterocycles. The van der Waals surface area contributed by atoms with Crippen molar-refractivity contribution in [3.8, 4) is 11.8 Å². The Bertz CT molecular complexity index is 1180. The summed E-state index contributed by atoms with van der Waals surface area (Å²) in [5.41, 5.74) is 4.70. The quantitative estimate of drug-likeness (QED) is 0.326. The lowest BCUT2D eigenvalue weighted by Crippen LogP contribution is -2.33. The molecule has 0 unspecified atom stereocenters. The predicted molar refractivity (Wildman–Crippen MR) is 149 cm³/mol. The number of halogens is 2. The lowest BCUT2D eigenvalue weighted by atomic mass is 9.91. The van der Waals surface area contributed by atoms with E-state index in [1.807, 2.05) is 12.1 Å². The number of rotatable bonds is 10. The highest BCUT2D eigenvalue weighted by molar-refractivity contribution is 5.86. The van der Waals surface area contributed by atoms with Crippen molar-refractivity contribution in [1.82, 2.24) is 19.9 Å². The largest absolute Gasteiger partial charge is 0.493 e. The summed E-state index contributed by atoms with van der Waals surface area (Å²) in [5.74, 6) is 2.36. The number of aryl methyl sites for hydroxylation is 1. The van der Waals surface area contributed by atoms with Crippen molar-refractivity contribution < 1.29 is 9.26 Å². The lowest BCUT2D eigenvalue weighted by Gasteiger charge is -2.31. The standard InChI is InChI=1S/C28H35N5O2.2ClH/c1-32(2)18-25-27(34-19-21-3-4-21)10-8-24-26(31-35-28(24)25)9-6-20-11-13-33(14-12-20)17-23-7-5-22(15-29)16-30-23;;/h5,7-8,10,16,20-21H,3-4,6,9,11-14,17-19H2,1-2H3;2*1H. The van der Waals surface area contributed by atoms with Gasteiger partial charge in [0.1, 0.15) is 11.8 Å². The van der Waals surface area contributed by atoms with Gasteiger partial charge in [0.15, 0.2) is 5.58 Å². The van der Waals surface area contributed by atoms with Gasteiger partial charge < -0.3 is 14.2 Å². The summed E-state index contributed by atoms with van der Waals surface area (Å²) in [6, 6.07) is 10.2. The minimum Gasteiger partial charge on any atom is -0.493 e. The molecule has 0 N–H and O–H groups in total. The molecule has 3 aromatic rings. The van der Waals surface area contributed by atoms with Gasteiger partial charge in [-0.25, -0.2) is 0 Å². The van der Waals surface area contributed by atoms with Gasteiger partial charge in [-0.1, -0.05) is 5.16 Å². The summed E-state index contributed by atoms with van der Waals surface area (Å²) in [7, 11) is 4.15. The Labute approximate surface area is 232 Å². The predicted octanol–water partition coefficient (Wildman–Crippen LogP) is 5.63. The smallest absolute Gasteiger partial charge is 0.175 e. The van der Waals surface area contributed by atoms with Gasteiger partial charge in [0, 0.05) is 24.7 Å². The van der Waals surface area contributed by atoms with Crippen LogP contribution in [-0.2, 0) is 19.5 Å². The van der Waals surface area contributed by atoms with E-state index in [9.17, 15) is 0 Å². The number of piperidine rings is 1. The van der Waals surface area contributed by atoms with E-state index in [1.54, 1.807) is 6.20 Å². The molecule has 1 aromatic carbocycles. The van der Waals surface area contributed by atoms with Gasteiger partial charge in [-0.3, -0.25) is 9.88 Å². The zero-order valence-corrected chi connectivity index (χ0v) is 23.3. The van der Waals surface area contributed by atoms with Crippen LogP contribution in [0.1, 0.15) is 54.6 Å². The molecule has 1 saturated carbocycles. The molecule has 1 aliphatic carbocycles. The van der Waals surface area contributed by atoms with Crippen molar-refractivity contribution in [2.75, 3.05) is 33.8 Å². The number of nitrogens with zero attached hydrogens (tertiary/aromatic N) is 5. The first-order valence-electron chi connectivity index (χ1n) is 12.8. The van der Waals surface area contributed by atoms with E-state index in [1.165, 1.54) is 25.7 Å². The first-order valence-corrected chi connectivity index (χ1v) is 12.8. The molecule has 0 amide bonds. The fraction of sp³-hybridized carbons (Fsp3) is 0.536. The molecule has 2 aromatic heterocycles. The SMILES string of the molecule is CN(C)Cc1c(OCC2CC2)ccc2c(CCC3CCN(Cc4ccc(C#N)cn4)CC3)noc12.Cl.Cl. The molecular weight excluding hydrogens is 509 g/mol. The maximum absolute atomic E-state index is 8.94. The summed E-state index contributed by atoms with van der Waals surface area (Å²) >= 11 is 0. The zero-order valence-electron chi connectivity index (χ0n) is 21.7. The third kappa shape index (κ3) is 7.58. The zero-order chi connectivity index (χ0) is 24.2. The molecule has 0 bridgehead atoms. The van der Waals surface area contributed by atoms with Crippen LogP contribution >= 0.6 is 24.8 Å². The first-order chi connectivity index (χ1) is 17.1. The number of fused-ring (bicyclic) bond motifs is 1. The van der Waals surface area contributed by atoms with Gasteiger partial charge >= 0.3 is 0 Å². The van der Waals surface area contributed by atoms with Gasteiger partial charge in [0.05, 0.1) is 29.1 Å². The fourth-order valence-electron chi connectivity index (χ4n) is 4.95. The Hall–Kier alpha value is -2.37. The second-order valence-electron chi connectivity index (χ2n) is 10.4. The van der Waals surface area contributed by atoms with Crippen LogP contribution in [0.3, 0.4) is 0 Å². The van der Waals surface area contributed by atoms with E-state index >= 15 is 0 Å². The molecule has 0 spiro atoms. The molecule has 7 nitrogen and oxygen atoms in total. The number of ether oxygens (including phenoxy) is 1. The van der Waals surface area contributed by atoms with Crippen LogP contribution in [0.4, 0.5) is 0 Å². The van der Waals surface area contributed by atoms with Crippen LogP contribution in [-0.4, -0.2) is 53.7 Å².